The summed E-state index contributed by atoms with van der Waals surface area (Å²) < 4.78 is 11.1. The van der Waals surface area contributed by atoms with E-state index in [9.17, 15) is 20.4 Å². The van der Waals surface area contributed by atoms with Gasteiger partial charge in [0, 0.05) is 5.02 Å². The first-order valence-corrected chi connectivity index (χ1v) is 9.63. The number of aliphatic hydroxyl groups excluding tert-OH is 4. The molecule has 0 bridgehead atoms. The fourth-order valence-corrected chi connectivity index (χ4v) is 3.56. The van der Waals surface area contributed by atoms with Gasteiger partial charge in [-0.05, 0) is 48.2 Å². The largest absolute Gasteiger partial charge is 0.494 e. The highest BCUT2D eigenvalue weighted by Gasteiger charge is 2.43. The average molecular weight is 409 g/mol. The lowest BCUT2D eigenvalue weighted by Crippen LogP contribution is -2.55. The molecule has 7 heteroatoms. The molecular weight excluding hydrogens is 384 g/mol. The summed E-state index contributed by atoms with van der Waals surface area (Å²) in [5, 5.41) is 40.3. The van der Waals surface area contributed by atoms with Crippen molar-refractivity contribution < 1.29 is 29.9 Å². The predicted octanol–water partition coefficient (Wildman–Crippen LogP) is 1.84. The van der Waals surface area contributed by atoms with Gasteiger partial charge < -0.3 is 29.9 Å². The van der Waals surface area contributed by atoms with Gasteiger partial charge in [0.25, 0.3) is 0 Å². The molecule has 1 fully saturated rings. The summed E-state index contributed by atoms with van der Waals surface area (Å²) in [4.78, 5) is 0. The van der Waals surface area contributed by atoms with E-state index in [4.69, 9.17) is 21.1 Å². The average Bonchev–Trinajstić information content (AvgIpc) is 2.70. The minimum absolute atomic E-state index is 0.464. The van der Waals surface area contributed by atoms with Crippen LogP contribution in [0.15, 0.2) is 42.5 Å². The molecule has 28 heavy (non-hydrogen) atoms. The van der Waals surface area contributed by atoms with Gasteiger partial charge in [-0.1, -0.05) is 35.9 Å². The zero-order chi connectivity index (χ0) is 20.3. The van der Waals surface area contributed by atoms with Crippen LogP contribution in [0.1, 0.15) is 29.7 Å². The van der Waals surface area contributed by atoms with Gasteiger partial charge in [-0.2, -0.15) is 0 Å². The van der Waals surface area contributed by atoms with E-state index in [-0.39, 0.29) is 0 Å². The number of halogens is 1. The lowest BCUT2D eigenvalue weighted by Gasteiger charge is -2.40. The van der Waals surface area contributed by atoms with Gasteiger partial charge in [-0.3, -0.25) is 0 Å². The van der Waals surface area contributed by atoms with Gasteiger partial charge in [0.15, 0.2) is 0 Å². The fourth-order valence-electron chi connectivity index (χ4n) is 3.37. The van der Waals surface area contributed by atoms with Crippen molar-refractivity contribution in [2.75, 3.05) is 13.2 Å². The van der Waals surface area contributed by atoms with Crippen molar-refractivity contribution in [1.82, 2.24) is 0 Å². The summed E-state index contributed by atoms with van der Waals surface area (Å²) in [5.41, 5.74) is 2.49. The Balaban J connectivity index is 1.82. The molecule has 1 heterocycles. The van der Waals surface area contributed by atoms with Gasteiger partial charge in [0.05, 0.1) is 13.2 Å². The Morgan fingerprint density at radius 2 is 1.71 bits per heavy atom. The maximum Gasteiger partial charge on any atom is 0.119 e. The first-order valence-electron chi connectivity index (χ1n) is 9.25. The van der Waals surface area contributed by atoms with Crippen LogP contribution in [-0.2, 0) is 11.2 Å². The molecule has 4 N–H and O–H groups in total. The van der Waals surface area contributed by atoms with Crippen molar-refractivity contribution in [3.8, 4) is 5.75 Å². The molecule has 1 saturated heterocycles. The molecule has 2 aromatic carbocycles. The standard InChI is InChI=1S/C21H25ClO6/c1-2-27-15-6-3-12(4-7-15)9-14-10-13(5-8-16(14)22)21-20(26)19(25)18(24)17(11-23)28-21/h3-8,10,17-21,23-26H,2,9,11H2,1H3/t17-,18-,19+,20-,21-/m1/s1. The van der Waals surface area contributed by atoms with Crippen LogP contribution in [0.2, 0.25) is 5.02 Å². The molecule has 1 aliphatic rings. The topological polar surface area (TPSA) is 99.4 Å². The molecule has 6 nitrogen and oxygen atoms in total. The lowest BCUT2D eigenvalue weighted by atomic mass is 9.90. The molecule has 0 saturated carbocycles. The normalized spacial score (nSPS) is 27.6. The fraction of sp³-hybridized carbons (Fsp3) is 0.429. The molecule has 0 aromatic heterocycles. The number of rotatable bonds is 6. The van der Waals surface area contributed by atoms with Crippen molar-refractivity contribution in [3.05, 3.63) is 64.2 Å². The quantitative estimate of drug-likeness (QED) is 0.582. The first kappa shape index (κ1) is 21.0. The number of benzene rings is 2. The predicted molar refractivity (Wildman–Crippen MR) is 105 cm³/mol. The van der Waals surface area contributed by atoms with Gasteiger partial charge in [0.2, 0.25) is 0 Å². The smallest absolute Gasteiger partial charge is 0.119 e. The molecule has 3 rings (SSSR count). The van der Waals surface area contributed by atoms with Gasteiger partial charge >= 0.3 is 0 Å². The van der Waals surface area contributed by atoms with E-state index in [1.54, 1.807) is 12.1 Å². The van der Waals surface area contributed by atoms with Crippen molar-refractivity contribution in [1.29, 1.82) is 0 Å². The van der Waals surface area contributed by atoms with E-state index in [2.05, 4.69) is 0 Å². The summed E-state index contributed by atoms with van der Waals surface area (Å²) in [6, 6.07) is 12.9. The molecule has 0 unspecified atom stereocenters. The molecule has 0 spiro atoms. The monoisotopic (exact) mass is 408 g/mol. The third-order valence-corrected chi connectivity index (χ3v) is 5.29. The molecule has 0 radical (unpaired) electrons. The van der Waals surface area contributed by atoms with Gasteiger partial charge in [-0.25, -0.2) is 0 Å². The molecule has 5 atom stereocenters. The molecule has 0 aliphatic carbocycles. The van der Waals surface area contributed by atoms with Crippen LogP contribution in [0.3, 0.4) is 0 Å². The summed E-state index contributed by atoms with van der Waals surface area (Å²) in [6.07, 6.45) is -5.39. The minimum Gasteiger partial charge on any atom is -0.494 e. The highest BCUT2D eigenvalue weighted by Crippen LogP contribution is 2.34. The Bertz CT molecular complexity index is 779. The second kappa shape index (κ2) is 9.22. The zero-order valence-corrected chi connectivity index (χ0v) is 16.3. The van der Waals surface area contributed by atoms with E-state index in [0.29, 0.717) is 23.6 Å². The lowest BCUT2D eigenvalue weighted by molar-refractivity contribution is -0.231. The second-order valence-corrected chi connectivity index (χ2v) is 7.26. The zero-order valence-electron chi connectivity index (χ0n) is 15.5. The van der Waals surface area contributed by atoms with Crippen LogP contribution in [-0.4, -0.2) is 58.1 Å². The van der Waals surface area contributed by atoms with E-state index in [1.165, 1.54) is 0 Å². The van der Waals surface area contributed by atoms with Crippen LogP contribution >= 0.6 is 11.6 Å². The number of hydrogen-bond acceptors (Lipinski definition) is 6. The van der Waals surface area contributed by atoms with E-state index >= 15 is 0 Å². The Hall–Kier alpha value is -1.67. The molecular formula is C21H25ClO6. The molecule has 152 valence electrons. The minimum atomic E-state index is -1.42. The molecule has 2 aromatic rings. The summed E-state index contributed by atoms with van der Waals surface area (Å²) >= 11 is 6.35. The van der Waals surface area contributed by atoms with Crippen molar-refractivity contribution in [3.63, 3.8) is 0 Å². The maximum atomic E-state index is 10.3. The third kappa shape index (κ3) is 4.49. The van der Waals surface area contributed by atoms with Crippen molar-refractivity contribution in [2.45, 2.75) is 43.9 Å². The molecule has 1 aliphatic heterocycles. The van der Waals surface area contributed by atoms with Crippen LogP contribution in [0, 0.1) is 0 Å². The summed E-state index contributed by atoms with van der Waals surface area (Å²) in [7, 11) is 0. The van der Waals surface area contributed by atoms with E-state index in [1.807, 2.05) is 37.3 Å². The summed E-state index contributed by atoms with van der Waals surface area (Å²) in [6.45, 7) is 2.07. The summed E-state index contributed by atoms with van der Waals surface area (Å²) in [5.74, 6) is 0.799. The highest BCUT2D eigenvalue weighted by atomic mass is 35.5. The van der Waals surface area contributed by atoms with Crippen LogP contribution < -0.4 is 4.74 Å². The van der Waals surface area contributed by atoms with Gasteiger partial charge in [-0.15, -0.1) is 0 Å². The Morgan fingerprint density at radius 1 is 1.00 bits per heavy atom. The SMILES string of the molecule is CCOc1ccc(Cc2cc([C@H]3O[C@H](CO)[C@@H](O)[C@H](O)[C@H]3O)ccc2Cl)cc1. The van der Waals surface area contributed by atoms with E-state index in [0.717, 1.165) is 16.9 Å². The van der Waals surface area contributed by atoms with Gasteiger partial charge in [0.1, 0.15) is 36.3 Å². The Labute approximate surface area is 168 Å². The number of ether oxygens (including phenoxy) is 2. The van der Waals surface area contributed by atoms with Crippen molar-refractivity contribution in [2.24, 2.45) is 0 Å². The van der Waals surface area contributed by atoms with E-state index < -0.39 is 37.1 Å². The van der Waals surface area contributed by atoms with Crippen molar-refractivity contribution >= 4 is 11.6 Å². The van der Waals surface area contributed by atoms with Crippen LogP contribution in [0.25, 0.3) is 0 Å². The first-order chi connectivity index (χ1) is 13.4. The molecule has 0 amide bonds. The Morgan fingerprint density at radius 3 is 2.36 bits per heavy atom. The van der Waals surface area contributed by atoms with Crippen LogP contribution in [0.5, 0.6) is 5.75 Å². The third-order valence-electron chi connectivity index (χ3n) is 4.92. The maximum absolute atomic E-state index is 10.3. The number of hydrogen-bond donors (Lipinski definition) is 4. The Kier molecular flexibility index (Phi) is 6.93. The second-order valence-electron chi connectivity index (χ2n) is 6.85. The number of aliphatic hydroxyl groups is 4. The highest BCUT2D eigenvalue weighted by molar-refractivity contribution is 6.31. The van der Waals surface area contributed by atoms with Crippen LogP contribution in [0.4, 0.5) is 0 Å².